The predicted molar refractivity (Wildman–Crippen MR) is 85.2 cm³/mol. The number of ether oxygens (including phenoxy) is 1. The van der Waals surface area contributed by atoms with E-state index in [1.165, 1.54) is 0 Å². The highest BCUT2D eigenvalue weighted by Crippen LogP contribution is 2.19. The second-order valence-electron chi connectivity index (χ2n) is 4.99. The molecule has 21 heavy (non-hydrogen) atoms. The number of nitrogens with zero attached hydrogens (tertiary/aromatic N) is 4. The van der Waals surface area contributed by atoms with E-state index in [-0.39, 0.29) is 0 Å². The Morgan fingerprint density at radius 2 is 2.00 bits per heavy atom. The lowest BCUT2D eigenvalue weighted by atomic mass is 10.1. The first-order valence-corrected chi connectivity index (χ1v) is 8.28. The molecule has 1 aromatic carbocycles. The first-order valence-electron chi connectivity index (χ1n) is 6.91. The number of benzene rings is 1. The Hall–Kier alpha value is -1.11. The molecule has 0 N–H and O–H groups in total. The van der Waals surface area contributed by atoms with Crippen molar-refractivity contribution in [2.75, 3.05) is 19.0 Å². The van der Waals surface area contributed by atoms with Crippen molar-refractivity contribution in [2.24, 2.45) is 5.92 Å². The quantitative estimate of drug-likeness (QED) is 0.549. The fourth-order valence-electron chi connectivity index (χ4n) is 1.63. The molecule has 0 aliphatic carbocycles. The normalized spacial score (nSPS) is 11.2. The van der Waals surface area contributed by atoms with Gasteiger partial charge in [0.05, 0.1) is 12.3 Å². The molecule has 0 atom stereocenters. The molecule has 7 heteroatoms. The summed E-state index contributed by atoms with van der Waals surface area (Å²) in [5.41, 5.74) is 0.896. The van der Waals surface area contributed by atoms with E-state index >= 15 is 0 Å². The number of rotatable bonds is 8. The first kappa shape index (κ1) is 16.3. The molecule has 114 valence electrons. The van der Waals surface area contributed by atoms with Crippen LogP contribution in [0.4, 0.5) is 0 Å². The number of hydrogen-bond donors (Lipinski definition) is 0. The molecule has 0 fully saturated rings. The maximum absolute atomic E-state index is 5.88. The van der Waals surface area contributed by atoms with Crippen molar-refractivity contribution in [1.29, 1.82) is 0 Å². The number of halogens is 1. The van der Waals surface area contributed by atoms with Crippen LogP contribution in [0.2, 0.25) is 5.02 Å². The van der Waals surface area contributed by atoms with E-state index < -0.39 is 0 Å². The monoisotopic (exact) mass is 326 g/mol. The minimum Gasteiger partial charge on any atom is -0.381 e. The number of thioether (sulfide) groups is 1. The van der Waals surface area contributed by atoms with Gasteiger partial charge in [0.25, 0.3) is 0 Å². The Morgan fingerprint density at radius 1 is 1.24 bits per heavy atom. The van der Waals surface area contributed by atoms with Crippen LogP contribution >= 0.6 is 23.4 Å². The van der Waals surface area contributed by atoms with E-state index in [1.54, 1.807) is 16.4 Å². The maximum atomic E-state index is 5.88. The summed E-state index contributed by atoms with van der Waals surface area (Å²) in [6.45, 7) is 5.89. The third-order valence-corrected chi connectivity index (χ3v) is 3.95. The van der Waals surface area contributed by atoms with Gasteiger partial charge in [-0.05, 0) is 47.0 Å². The third-order valence-electron chi connectivity index (χ3n) is 2.81. The van der Waals surface area contributed by atoms with Crippen molar-refractivity contribution in [3.63, 3.8) is 0 Å². The molecule has 5 nitrogen and oxygen atoms in total. The van der Waals surface area contributed by atoms with Crippen molar-refractivity contribution < 1.29 is 4.74 Å². The van der Waals surface area contributed by atoms with Gasteiger partial charge in [0.1, 0.15) is 0 Å². The SMILES string of the molecule is CC(C)CCOCCSc1nnnn1-c1ccc(Cl)cc1. The summed E-state index contributed by atoms with van der Waals surface area (Å²) in [4.78, 5) is 0. The molecule has 0 unspecified atom stereocenters. The lowest BCUT2D eigenvalue weighted by Gasteiger charge is -2.06. The van der Waals surface area contributed by atoms with Crippen molar-refractivity contribution in [2.45, 2.75) is 25.4 Å². The molecule has 2 rings (SSSR count). The highest BCUT2D eigenvalue weighted by Gasteiger charge is 2.08. The first-order chi connectivity index (χ1) is 10.2. The molecule has 0 saturated heterocycles. The van der Waals surface area contributed by atoms with Crippen LogP contribution in [-0.2, 0) is 4.74 Å². The van der Waals surface area contributed by atoms with Gasteiger partial charge in [0.15, 0.2) is 0 Å². The van der Waals surface area contributed by atoms with Gasteiger partial charge in [0, 0.05) is 17.4 Å². The Labute approximate surface area is 134 Å². The molecular formula is C14H19ClN4OS. The molecular weight excluding hydrogens is 308 g/mol. The molecule has 0 bridgehead atoms. The average Bonchev–Trinajstić information content (AvgIpc) is 2.91. The number of tetrazole rings is 1. The lowest BCUT2D eigenvalue weighted by Crippen LogP contribution is -2.04. The third kappa shape index (κ3) is 5.30. The minimum absolute atomic E-state index is 0.676. The molecule has 0 radical (unpaired) electrons. The average molecular weight is 327 g/mol. The second-order valence-corrected chi connectivity index (χ2v) is 6.49. The zero-order valence-electron chi connectivity index (χ0n) is 12.2. The van der Waals surface area contributed by atoms with Crippen LogP contribution in [0.3, 0.4) is 0 Å². The Kier molecular flexibility index (Phi) is 6.48. The van der Waals surface area contributed by atoms with Crippen LogP contribution < -0.4 is 0 Å². The molecule has 0 aliphatic heterocycles. The lowest BCUT2D eigenvalue weighted by molar-refractivity contribution is 0.138. The molecule has 1 aromatic heterocycles. The van der Waals surface area contributed by atoms with Gasteiger partial charge < -0.3 is 4.74 Å². The van der Waals surface area contributed by atoms with Crippen LogP contribution in [-0.4, -0.2) is 39.2 Å². The number of aromatic nitrogens is 4. The van der Waals surface area contributed by atoms with Crippen molar-refractivity contribution >= 4 is 23.4 Å². The summed E-state index contributed by atoms with van der Waals surface area (Å²) in [7, 11) is 0. The van der Waals surface area contributed by atoms with Crippen LogP contribution in [0.5, 0.6) is 0 Å². The number of hydrogen-bond acceptors (Lipinski definition) is 5. The highest BCUT2D eigenvalue weighted by molar-refractivity contribution is 7.99. The summed E-state index contributed by atoms with van der Waals surface area (Å²) in [5, 5.41) is 13.2. The van der Waals surface area contributed by atoms with Gasteiger partial charge in [0.2, 0.25) is 5.16 Å². The summed E-state index contributed by atoms with van der Waals surface area (Å²) in [5.74, 6) is 1.50. The fourth-order valence-corrected chi connectivity index (χ4v) is 2.49. The second kappa shape index (κ2) is 8.36. The zero-order valence-corrected chi connectivity index (χ0v) is 13.8. The van der Waals surface area contributed by atoms with Gasteiger partial charge in [-0.2, -0.15) is 4.68 Å². The topological polar surface area (TPSA) is 52.8 Å². The smallest absolute Gasteiger partial charge is 0.214 e. The van der Waals surface area contributed by atoms with E-state index in [1.807, 2.05) is 24.3 Å². The van der Waals surface area contributed by atoms with E-state index in [4.69, 9.17) is 16.3 Å². The maximum Gasteiger partial charge on any atom is 0.214 e. The van der Waals surface area contributed by atoms with Gasteiger partial charge in [-0.3, -0.25) is 0 Å². The predicted octanol–water partition coefficient (Wildman–Crippen LogP) is 3.47. The summed E-state index contributed by atoms with van der Waals surface area (Å²) >= 11 is 7.46. The molecule has 1 heterocycles. The standard InChI is InChI=1S/C14H19ClN4OS/c1-11(2)7-8-20-9-10-21-14-16-17-18-19(14)13-5-3-12(15)4-6-13/h3-6,11H,7-10H2,1-2H3. The Morgan fingerprint density at radius 3 is 2.71 bits per heavy atom. The molecule has 0 saturated carbocycles. The fraction of sp³-hybridized carbons (Fsp3) is 0.500. The Balaban J connectivity index is 1.82. The molecule has 0 amide bonds. The van der Waals surface area contributed by atoms with Gasteiger partial charge in [-0.25, -0.2) is 0 Å². The van der Waals surface area contributed by atoms with Crippen LogP contribution in [0.25, 0.3) is 5.69 Å². The molecule has 0 spiro atoms. The minimum atomic E-state index is 0.676. The summed E-state index contributed by atoms with van der Waals surface area (Å²) < 4.78 is 7.29. The van der Waals surface area contributed by atoms with E-state index in [0.717, 1.165) is 29.6 Å². The highest BCUT2D eigenvalue weighted by atomic mass is 35.5. The van der Waals surface area contributed by atoms with E-state index in [2.05, 4.69) is 29.4 Å². The van der Waals surface area contributed by atoms with Crippen molar-refractivity contribution in [3.8, 4) is 5.69 Å². The zero-order chi connectivity index (χ0) is 15.1. The Bertz CT molecular complexity index is 544. The molecule has 0 aliphatic rings. The largest absolute Gasteiger partial charge is 0.381 e. The van der Waals surface area contributed by atoms with Crippen LogP contribution in [0, 0.1) is 5.92 Å². The van der Waals surface area contributed by atoms with Crippen molar-refractivity contribution in [1.82, 2.24) is 20.2 Å². The van der Waals surface area contributed by atoms with Gasteiger partial charge in [-0.1, -0.05) is 37.2 Å². The van der Waals surface area contributed by atoms with Crippen molar-refractivity contribution in [3.05, 3.63) is 29.3 Å². The van der Waals surface area contributed by atoms with Gasteiger partial charge in [-0.15, -0.1) is 5.10 Å². The molecule has 2 aromatic rings. The summed E-state index contributed by atoms with van der Waals surface area (Å²) in [6, 6.07) is 7.42. The van der Waals surface area contributed by atoms with E-state index in [9.17, 15) is 0 Å². The van der Waals surface area contributed by atoms with Crippen LogP contribution in [0.15, 0.2) is 29.4 Å². The summed E-state index contributed by atoms with van der Waals surface area (Å²) in [6.07, 6.45) is 1.09. The van der Waals surface area contributed by atoms with Gasteiger partial charge >= 0.3 is 0 Å². The van der Waals surface area contributed by atoms with E-state index in [0.29, 0.717) is 17.5 Å². The van der Waals surface area contributed by atoms with Crippen LogP contribution in [0.1, 0.15) is 20.3 Å².